The van der Waals surface area contributed by atoms with Gasteiger partial charge in [-0.15, -0.1) is 0 Å². The average Bonchev–Trinajstić information content (AvgIpc) is 2.77. The fraction of sp³-hybridized carbons (Fsp3) is 0.591. The number of nitrogens with one attached hydrogen (secondary N) is 1. The number of hydrogen-bond donors (Lipinski definition) is 1. The Labute approximate surface area is 166 Å². The minimum absolute atomic E-state index is 0.0487. The van der Waals surface area contributed by atoms with Crippen LogP contribution in [0.5, 0.6) is 5.75 Å². The molecule has 1 aliphatic carbocycles. The zero-order valence-corrected chi connectivity index (χ0v) is 17.6. The molecule has 2 aliphatic rings. The minimum atomic E-state index is -0.909. The van der Waals surface area contributed by atoms with Gasteiger partial charge in [0.05, 0.1) is 0 Å². The normalized spacial score (nSPS) is 26.5. The topological polar surface area (TPSA) is 75.7 Å². The lowest BCUT2D eigenvalue weighted by atomic mass is 9.64. The van der Waals surface area contributed by atoms with E-state index in [1.54, 1.807) is 0 Å². The summed E-state index contributed by atoms with van der Waals surface area (Å²) in [6, 6.07) is 3.35. The van der Waals surface area contributed by atoms with Crippen LogP contribution in [0.3, 0.4) is 0 Å². The highest BCUT2D eigenvalue weighted by atomic mass is 16.5. The molecule has 1 aromatic carbocycles. The number of benzene rings is 1. The molecule has 0 bridgehead atoms. The van der Waals surface area contributed by atoms with Crippen molar-refractivity contribution >= 4 is 17.9 Å². The van der Waals surface area contributed by atoms with Gasteiger partial charge in [0, 0.05) is 0 Å². The maximum atomic E-state index is 13.1. The van der Waals surface area contributed by atoms with Crippen molar-refractivity contribution in [2.75, 3.05) is 6.54 Å². The molecule has 28 heavy (non-hydrogen) atoms. The molecule has 1 aliphatic heterocycles. The number of carbonyl (C=O) groups excluding carboxylic acids is 3. The lowest BCUT2D eigenvalue weighted by molar-refractivity contribution is -0.142. The van der Waals surface area contributed by atoms with Crippen LogP contribution in [-0.4, -0.2) is 34.9 Å². The van der Waals surface area contributed by atoms with Crippen LogP contribution in [0.4, 0.5) is 4.79 Å². The van der Waals surface area contributed by atoms with E-state index in [1.165, 1.54) is 0 Å². The number of amides is 3. The zero-order chi connectivity index (χ0) is 20.9. The van der Waals surface area contributed by atoms with E-state index in [1.807, 2.05) is 32.9 Å². The largest absolute Gasteiger partial charge is 0.425 e. The smallest absolute Gasteiger partial charge is 0.331 e. The molecule has 1 spiro atoms. The zero-order valence-electron chi connectivity index (χ0n) is 17.6. The maximum Gasteiger partial charge on any atom is 0.331 e. The molecule has 0 radical (unpaired) electrons. The Bertz CT molecular complexity index is 845. The molecule has 6 heteroatoms. The number of carbonyl (C=O) groups is 3. The van der Waals surface area contributed by atoms with Crippen LogP contribution in [0, 0.1) is 32.1 Å². The van der Waals surface area contributed by atoms with Crippen LogP contribution < -0.4 is 10.1 Å². The monoisotopic (exact) mass is 386 g/mol. The lowest BCUT2D eigenvalue weighted by Crippen LogP contribution is -2.54. The summed E-state index contributed by atoms with van der Waals surface area (Å²) in [7, 11) is 0. The summed E-state index contributed by atoms with van der Waals surface area (Å²) in [6.45, 7) is 11.6. The maximum absolute atomic E-state index is 13.1. The van der Waals surface area contributed by atoms with Gasteiger partial charge in [0.15, 0.2) is 0 Å². The van der Waals surface area contributed by atoms with Crippen molar-refractivity contribution in [1.29, 1.82) is 0 Å². The second-order valence-corrected chi connectivity index (χ2v) is 9.39. The van der Waals surface area contributed by atoms with Crippen molar-refractivity contribution in [1.82, 2.24) is 10.2 Å². The lowest BCUT2D eigenvalue weighted by Gasteiger charge is -2.43. The predicted molar refractivity (Wildman–Crippen MR) is 106 cm³/mol. The molecule has 1 saturated heterocycles. The van der Waals surface area contributed by atoms with Gasteiger partial charge < -0.3 is 10.1 Å². The first kappa shape index (κ1) is 20.4. The van der Waals surface area contributed by atoms with Crippen molar-refractivity contribution in [2.45, 2.75) is 66.3 Å². The van der Waals surface area contributed by atoms with E-state index in [0.717, 1.165) is 28.0 Å². The van der Waals surface area contributed by atoms with E-state index in [-0.39, 0.29) is 17.9 Å². The van der Waals surface area contributed by atoms with Crippen LogP contribution >= 0.6 is 0 Å². The van der Waals surface area contributed by atoms with E-state index in [2.05, 4.69) is 26.1 Å². The van der Waals surface area contributed by atoms with Gasteiger partial charge >= 0.3 is 12.0 Å². The van der Waals surface area contributed by atoms with Gasteiger partial charge in [-0.1, -0.05) is 32.9 Å². The summed E-state index contributed by atoms with van der Waals surface area (Å²) in [5.41, 5.74) is 1.78. The standard InChI is InChI=1S/C22H30N2O4/c1-13-9-21(5,6)12-22(10-13)19(26)24(20(27)23-22)11-17(25)28-18-15(3)8-7-14(2)16(18)4/h7-8,13H,9-12H2,1-6H3,(H,23,27)/t13-,22+/m0/s1. The molecule has 152 valence electrons. The minimum Gasteiger partial charge on any atom is -0.425 e. The third-order valence-corrected chi connectivity index (χ3v) is 6.00. The number of ether oxygens (including phenoxy) is 1. The first-order valence-electron chi connectivity index (χ1n) is 9.86. The third-order valence-electron chi connectivity index (χ3n) is 6.00. The summed E-state index contributed by atoms with van der Waals surface area (Å²) in [6.07, 6.45) is 2.19. The molecule has 0 aromatic heterocycles. The van der Waals surface area contributed by atoms with Crippen LogP contribution in [-0.2, 0) is 9.59 Å². The molecule has 1 saturated carbocycles. The quantitative estimate of drug-likeness (QED) is 0.489. The van der Waals surface area contributed by atoms with Gasteiger partial charge in [0.25, 0.3) is 5.91 Å². The fourth-order valence-electron chi connectivity index (χ4n) is 5.01. The van der Waals surface area contributed by atoms with Gasteiger partial charge in [-0.25, -0.2) is 9.59 Å². The van der Waals surface area contributed by atoms with Gasteiger partial charge in [-0.05, 0) is 68.1 Å². The number of esters is 1. The first-order chi connectivity index (χ1) is 12.9. The molecule has 2 fully saturated rings. The van der Waals surface area contributed by atoms with Gasteiger partial charge in [0.1, 0.15) is 17.8 Å². The predicted octanol–water partition coefficient (Wildman–Crippen LogP) is 3.65. The molecular formula is C22H30N2O4. The summed E-state index contributed by atoms with van der Waals surface area (Å²) in [5, 5.41) is 2.89. The Morgan fingerprint density at radius 3 is 2.46 bits per heavy atom. The Kier molecular flexibility index (Phi) is 5.02. The van der Waals surface area contributed by atoms with Gasteiger partial charge in [-0.2, -0.15) is 0 Å². The van der Waals surface area contributed by atoms with Crippen molar-refractivity contribution in [2.24, 2.45) is 11.3 Å². The molecule has 1 heterocycles. The molecule has 1 aromatic rings. The number of urea groups is 1. The highest BCUT2D eigenvalue weighted by molar-refractivity contribution is 6.08. The summed E-state index contributed by atoms with van der Waals surface area (Å²) >= 11 is 0. The average molecular weight is 386 g/mol. The number of aryl methyl sites for hydroxylation is 2. The number of rotatable bonds is 3. The van der Waals surface area contributed by atoms with E-state index < -0.39 is 17.5 Å². The van der Waals surface area contributed by atoms with Crippen LogP contribution in [0.25, 0.3) is 0 Å². The SMILES string of the molecule is Cc1ccc(C)c(OC(=O)CN2C(=O)N[C@@]3(C[C@@H](C)CC(C)(C)C3)C2=O)c1C. The fourth-order valence-corrected chi connectivity index (χ4v) is 5.01. The van der Waals surface area contributed by atoms with Crippen LogP contribution in [0.1, 0.15) is 56.7 Å². The molecule has 0 unspecified atom stereocenters. The molecular weight excluding hydrogens is 356 g/mol. The van der Waals surface area contributed by atoms with Gasteiger partial charge in [-0.3, -0.25) is 9.69 Å². The van der Waals surface area contributed by atoms with Crippen molar-refractivity contribution in [3.8, 4) is 5.75 Å². The summed E-state index contributed by atoms with van der Waals surface area (Å²) in [5.74, 6) is -0.107. The molecule has 3 rings (SSSR count). The number of hydrogen-bond acceptors (Lipinski definition) is 4. The molecule has 6 nitrogen and oxygen atoms in total. The van der Waals surface area contributed by atoms with Crippen LogP contribution in [0.2, 0.25) is 0 Å². The third kappa shape index (κ3) is 3.64. The molecule has 1 N–H and O–H groups in total. The highest BCUT2D eigenvalue weighted by Gasteiger charge is 2.56. The summed E-state index contributed by atoms with van der Waals surface area (Å²) in [4.78, 5) is 39.2. The second kappa shape index (κ2) is 6.90. The highest BCUT2D eigenvalue weighted by Crippen LogP contribution is 2.46. The Morgan fingerprint density at radius 1 is 1.18 bits per heavy atom. The van der Waals surface area contributed by atoms with Crippen molar-refractivity contribution in [3.63, 3.8) is 0 Å². The first-order valence-corrected chi connectivity index (χ1v) is 9.86. The van der Waals surface area contributed by atoms with Crippen LogP contribution in [0.15, 0.2) is 12.1 Å². The van der Waals surface area contributed by atoms with E-state index in [0.29, 0.717) is 24.5 Å². The number of nitrogens with zero attached hydrogens (tertiary/aromatic N) is 1. The molecule has 3 amide bonds. The Balaban J connectivity index is 1.77. The Hall–Kier alpha value is -2.37. The Morgan fingerprint density at radius 2 is 1.82 bits per heavy atom. The van der Waals surface area contributed by atoms with Crippen molar-refractivity contribution in [3.05, 3.63) is 28.8 Å². The van der Waals surface area contributed by atoms with E-state index >= 15 is 0 Å². The number of imide groups is 1. The van der Waals surface area contributed by atoms with E-state index in [4.69, 9.17) is 4.74 Å². The second-order valence-electron chi connectivity index (χ2n) is 9.39. The van der Waals surface area contributed by atoms with Gasteiger partial charge in [0.2, 0.25) is 0 Å². The van der Waals surface area contributed by atoms with E-state index in [9.17, 15) is 14.4 Å². The molecule has 2 atom stereocenters. The summed E-state index contributed by atoms with van der Waals surface area (Å²) < 4.78 is 5.54. The van der Waals surface area contributed by atoms with Crippen molar-refractivity contribution < 1.29 is 19.1 Å².